The minimum atomic E-state index is -0.575. The number of hydrogen-bond donors (Lipinski definition) is 1. The highest BCUT2D eigenvalue weighted by Gasteiger charge is 2.42. The standard InChI is InChI=1S/C20H17NO5/c1-25-11-10-21-17(12-6-8-13(22)9-7-12)16-18(23)14-4-2-3-5-15(14)26-19(16)20(21)24/h2-9,17,22H,10-11H2,1H3/t17-/m1/s1. The number of hydrogen-bond acceptors (Lipinski definition) is 5. The first-order valence-electron chi connectivity index (χ1n) is 8.26. The van der Waals surface area contributed by atoms with E-state index in [4.69, 9.17) is 9.15 Å². The summed E-state index contributed by atoms with van der Waals surface area (Å²) in [4.78, 5) is 27.6. The van der Waals surface area contributed by atoms with Gasteiger partial charge in [-0.25, -0.2) is 0 Å². The Morgan fingerprint density at radius 2 is 1.85 bits per heavy atom. The minimum absolute atomic E-state index is 0.0721. The number of phenols is 1. The van der Waals surface area contributed by atoms with Crippen LogP contribution in [0, 0.1) is 0 Å². The monoisotopic (exact) mass is 351 g/mol. The summed E-state index contributed by atoms with van der Waals surface area (Å²) in [5.74, 6) is -0.145. The van der Waals surface area contributed by atoms with E-state index in [0.29, 0.717) is 29.7 Å². The number of amides is 1. The maximum absolute atomic E-state index is 13.1. The molecule has 0 saturated carbocycles. The largest absolute Gasteiger partial charge is 0.508 e. The van der Waals surface area contributed by atoms with Gasteiger partial charge in [0, 0.05) is 13.7 Å². The fourth-order valence-electron chi connectivity index (χ4n) is 3.39. The van der Waals surface area contributed by atoms with Crippen LogP contribution in [0.4, 0.5) is 0 Å². The lowest BCUT2D eigenvalue weighted by molar-refractivity contribution is 0.0663. The van der Waals surface area contributed by atoms with Gasteiger partial charge in [0.05, 0.1) is 23.6 Å². The number of aromatic hydroxyl groups is 1. The van der Waals surface area contributed by atoms with Crippen LogP contribution in [0.2, 0.25) is 0 Å². The van der Waals surface area contributed by atoms with Gasteiger partial charge < -0.3 is 19.2 Å². The number of methoxy groups -OCH3 is 1. The summed E-state index contributed by atoms with van der Waals surface area (Å²) in [5.41, 5.74) is 1.24. The normalized spacial score (nSPS) is 16.3. The molecular weight excluding hydrogens is 334 g/mol. The molecule has 1 N–H and O–H groups in total. The molecule has 132 valence electrons. The maximum Gasteiger partial charge on any atom is 0.290 e. The first kappa shape index (κ1) is 16.4. The molecule has 4 rings (SSSR count). The van der Waals surface area contributed by atoms with Gasteiger partial charge in [0.2, 0.25) is 5.76 Å². The average Bonchev–Trinajstić information content (AvgIpc) is 2.93. The summed E-state index contributed by atoms with van der Waals surface area (Å²) in [5, 5.41) is 10.0. The number of para-hydroxylation sites is 1. The first-order valence-corrected chi connectivity index (χ1v) is 8.26. The molecule has 1 atom stereocenters. The summed E-state index contributed by atoms with van der Waals surface area (Å²) in [6.45, 7) is 0.656. The van der Waals surface area contributed by atoms with Crippen LogP contribution in [0.15, 0.2) is 57.7 Å². The molecule has 0 unspecified atom stereocenters. The molecule has 3 aromatic rings. The van der Waals surface area contributed by atoms with Crippen LogP contribution in [0.1, 0.15) is 27.7 Å². The minimum Gasteiger partial charge on any atom is -0.508 e. The van der Waals surface area contributed by atoms with Gasteiger partial charge in [-0.15, -0.1) is 0 Å². The Bertz CT molecular complexity index is 1040. The van der Waals surface area contributed by atoms with Gasteiger partial charge in [0.15, 0.2) is 5.43 Å². The summed E-state index contributed by atoms with van der Waals surface area (Å²) in [7, 11) is 1.56. The number of phenolic OH excluding ortho intramolecular Hbond substituents is 1. The van der Waals surface area contributed by atoms with Crippen LogP contribution in [0.25, 0.3) is 11.0 Å². The van der Waals surface area contributed by atoms with Crippen molar-refractivity contribution in [1.29, 1.82) is 0 Å². The van der Waals surface area contributed by atoms with Gasteiger partial charge in [-0.2, -0.15) is 0 Å². The number of rotatable bonds is 4. The second kappa shape index (κ2) is 6.31. The van der Waals surface area contributed by atoms with E-state index in [0.717, 1.165) is 5.56 Å². The zero-order valence-corrected chi connectivity index (χ0v) is 14.1. The van der Waals surface area contributed by atoms with Gasteiger partial charge in [-0.3, -0.25) is 9.59 Å². The van der Waals surface area contributed by atoms with Crippen molar-refractivity contribution in [3.05, 3.63) is 75.6 Å². The summed E-state index contributed by atoms with van der Waals surface area (Å²) in [6, 6.07) is 12.8. The van der Waals surface area contributed by atoms with E-state index < -0.39 is 6.04 Å². The maximum atomic E-state index is 13.1. The van der Waals surface area contributed by atoms with Gasteiger partial charge in [0.1, 0.15) is 11.3 Å². The molecule has 0 aliphatic carbocycles. The summed E-state index contributed by atoms with van der Waals surface area (Å²) in [6.07, 6.45) is 0. The lowest BCUT2D eigenvalue weighted by atomic mass is 9.98. The molecule has 26 heavy (non-hydrogen) atoms. The van der Waals surface area contributed by atoms with Crippen LogP contribution in [0.3, 0.4) is 0 Å². The van der Waals surface area contributed by atoms with Crippen LogP contribution in [-0.2, 0) is 4.74 Å². The Labute approximate surface area is 149 Å². The lowest BCUT2D eigenvalue weighted by Gasteiger charge is -2.24. The van der Waals surface area contributed by atoms with Crippen molar-refractivity contribution in [3.8, 4) is 5.75 Å². The molecule has 6 heteroatoms. The summed E-state index contributed by atoms with van der Waals surface area (Å²) < 4.78 is 10.9. The lowest BCUT2D eigenvalue weighted by Crippen LogP contribution is -2.32. The van der Waals surface area contributed by atoms with Crippen molar-refractivity contribution in [1.82, 2.24) is 4.90 Å². The van der Waals surface area contributed by atoms with Gasteiger partial charge in [0.25, 0.3) is 5.91 Å². The number of carbonyl (C=O) groups excluding carboxylic acids is 1. The zero-order chi connectivity index (χ0) is 18.3. The second-order valence-electron chi connectivity index (χ2n) is 6.16. The fraction of sp³-hybridized carbons (Fsp3) is 0.200. The molecule has 1 aliphatic rings. The third kappa shape index (κ3) is 2.46. The molecule has 0 radical (unpaired) electrons. The van der Waals surface area contributed by atoms with E-state index >= 15 is 0 Å². The number of fused-ring (bicyclic) bond motifs is 2. The molecular formula is C20H17NO5. The van der Waals surface area contributed by atoms with E-state index in [9.17, 15) is 14.7 Å². The van der Waals surface area contributed by atoms with Crippen molar-refractivity contribution in [2.45, 2.75) is 6.04 Å². The predicted octanol–water partition coefficient (Wildman–Crippen LogP) is 2.69. The van der Waals surface area contributed by atoms with Gasteiger partial charge in [-0.1, -0.05) is 24.3 Å². The fourth-order valence-corrected chi connectivity index (χ4v) is 3.39. The van der Waals surface area contributed by atoms with Crippen molar-refractivity contribution >= 4 is 16.9 Å². The highest BCUT2D eigenvalue weighted by molar-refractivity contribution is 5.99. The molecule has 1 aliphatic heterocycles. The van der Waals surface area contributed by atoms with Crippen molar-refractivity contribution < 1.29 is 19.1 Å². The van der Waals surface area contributed by atoms with E-state index in [1.54, 1.807) is 48.4 Å². The van der Waals surface area contributed by atoms with Crippen molar-refractivity contribution in [2.75, 3.05) is 20.3 Å². The van der Waals surface area contributed by atoms with Crippen molar-refractivity contribution in [2.24, 2.45) is 0 Å². The highest BCUT2D eigenvalue weighted by Crippen LogP contribution is 2.38. The Balaban J connectivity index is 1.96. The van der Waals surface area contributed by atoms with E-state index in [2.05, 4.69) is 0 Å². The quantitative estimate of drug-likeness (QED) is 0.782. The highest BCUT2D eigenvalue weighted by atomic mass is 16.5. The average molecular weight is 351 g/mol. The van der Waals surface area contributed by atoms with Crippen molar-refractivity contribution in [3.63, 3.8) is 0 Å². The summed E-state index contributed by atoms with van der Waals surface area (Å²) >= 11 is 0. The smallest absolute Gasteiger partial charge is 0.290 e. The third-order valence-corrected chi connectivity index (χ3v) is 4.62. The Morgan fingerprint density at radius 3 is 2.58 bits per heavy atom. The Morgan fingerprint density at radius 1 is 1.12 bits per heavy atom. The number of ether oxygens (including phenoxy) is 1. The molecule has 1 amide bonds. The van der Waals surface area contributed by atoms with E-state index in [1.165, 1.54) is 12.1 Å². The van der Waals surface area contributed by atoms with Crippen LogP contribution in [0.5, 0.6) is 5.75 Å². The molecule has 1 aromatic heterocycles. The van der Waals surface area contributed by atoms with Gasteiger partial charge >= 0.3 is 0 Å². The van der Waals surface area contributed by atoms with Crippen LogP contribution < -0.4 is 5.43 Å². The molecule has 0 saturated heterocycles. The molecule has 6 nitrogen and oxygen atoms in total. The number of benzene rings is 2. The predicted molar refractivity (Wildman–Crippen MR) is 95.3 cm³/mol. The first-order chi connectivity index (χ1) is 12.6. The number of nitrogens with zero attached hydrogens (tertiary/aromatic N) is 1. The van der Waals surface area contributed by atoms with Gasteiger partial charge in [-0.05, 0) is 29.8 Å². The zero-order valence-electron chi connectivity index (χ0n) is 14.1. The van der Waals surface area contributed by atoms with Crippen LogP contribution >= 0.6 is 0 Å². The molecule has 2 heterocycles. The molecule has 0 fully saturated rings. The molecule has 2 aromatic carbocycles. The number of carbonyl (C=O) groups is 1. The molecule has 0 spiro atoms. The Hall–Kier alpha value is -3.12. The molecule has 0 bridgehead atoms. The second-order valence-corrected chi connectivity index (χ2v) is 6.16. The van der Waals surface area contributed by atoms with Crippen LogP contribution in [-0.4, -0.2) is 36.2 Å². The SMILES string of the molecule is COCCN1C(=O)c2oc3ccccc3c(=O)c2[C@H]1c1ccc(O)cc1. The van der Waals surface area contributed by atoms with E-state index in [-0.39, 0.29) is 22.8 Å². The Kier molecular flexibility index (Phi) is 3.97. The van der Waals surface area contributed by atoms with E-state index in [1.807, 2.05) is 0 Å². The third-order valence-electron chi connectivity index (χ3n) is 4.62. The topological polar surface area (TPSA) is 80.0 Å².